The predicted molar refractivity (Wildman–Crippen MR) is 102 cm³/mol. The molecule has 0 unspecified atom stereocenters. The molecule has 3 rings (SSSR count). The van der Waals surface area contributed by atoms with Crippen molar-refractivity contribution in [3.8, 4) is 0 Å². The Balaban J connectivity index is 1.54. The third-order valence-electron chi connectivity index (χ3n) is 3.97. The molecule has 1 fully saturated rings. The van der Waals surface area contributed by atoms with Gasteiger partial charge in [0.2, 0.25) is 0 Å². The number of halogens is 1. The van der Waals surface area contributed by atoms with Crippen molar-refractivity contribution in [3.63, 3.8) is 0 Å². The van der Waals surface area contributed by atoms with Crippen LogP contribution in [0.1, 0.15) is 5.56 Å². The standard InChI is InChI=1S/C19H22FN3O2S/c20-16-6-2-1-5-14(16)13-26-18-8-4-3-7-17(18)23-19(24)22-12-15-11-21-9-10-25-15/h1-8,15,21H,9-13H2,(H2,22,23,24)/t15-/m0/s1. The fraction of sp³-hybridized carbons (Fsp3) is 0.316. The van der Waals surface area contributed by atoms with Crippen molar-refractivity contribution in [2.24, 2.45) is 0 Å². The number of morpholine rings is 1. The minimum Gasteiger partial charge on any atom is -0.374 e. The van der Waals surface area contributed by atoms with Gasteiger partial charge in [-0.1, -0.05) is 30.3 Å². The number of benzene rings is 2. The molecule has 138 valence electrons. The van der Waals surface area contributed by atoms with Gasteiger partial charge in [-0.15, -0.1) is 11.8 Å². The number of rotatable bonds is 6. The molecule has 0 spiro atoms. The highest BCUT2D eigenvalue weighted by atomic mass is 32.2. The van der Waals surface area contributed by atoms with E-state index in [2.05, 4.69) is 16.0 Å². The molecule has 2 amide bonds. The van der Waals surface area contributed by atoms with Crippen molar-refractivity contribution in [2.75, 3.05) is 31.6 Å². The number of carbonyl (C=O) groups excluding carboxylic acids is 1. The Morgan fingerprint density at radius 2 is 2.04 bits per heavy atom. The highest BCUT2D eigenvalue weighted by Crippen LogP contribution is 2.30. The van der Waals surface area contributed by atoms with E-state index in [1.807, 2.05) is 30.3 Å². The third-order valence-corrected chi connectivity index (χ3v) is 5.09. The number of amides is 2. The van der Waals surface area contributed by atoms with E-state index in [1.165, 1.54) is 17.8 Å². The molecule has 3 N–H and O–H groups in total. The fourth-order valence-electron chi connectivity index (χ4n) is 2.59. The van der Waals surface area contributed by atoms with E-state index in [0.29, 0.717) is 30.2 Å². The molecule has 1 aliphatic heterocycles. The van der Waals surface area contributed by atoms with Gasteiger partial charge in [-0.3, -0.25) is 0 Å². The molecular weight excluding hydrogens is 353 g/mol. The lowest BCUT2D eigenvalue weighted by atomic mass is 10.2. The highest BCUT2D eigenvalue weighted by molar-refractivity contribution is 7.98. The van der Waals surface area contributed by atoms with Gasteiger partial charge in [0.15, 0.2) is 0 Å². The van der Waals surface area contributed by atoms with Crippen molar-refractivity contribution in [1.29, 1.82) is 0 Å². The Kier molecular flexibility index (Phi) is 6.88. The van der Waals surface area contributed by atoms with Gasteiger partial charge >= 0.3 is 6.03 Å². The zero-order chi connectivity index (χ0) is 18.2. The fourth-order valence-corrected chi connectivity index (χ4v) is 3.59. The third kappa shape index (κ3) is 5.45. The maximum absolute atomic E-state index is 13.8. The van der Waals surface area contributed by atoms with Crippen LogP contribution in [0.2, 0.25) is 0 Å². The van der Waals surface area contributed by atoms with Crippen LogP contribution in [-0.4, -0.2) is 38.4 Å². The van der Waals surface area contributed by atoms with Crippen molar-refractivity contribution >= 4 is 23.5 Å². The summed E-state index contributed by atoms with van der Waals surface area (Å²) in [5.74, 6) is 0.276. The Hall–Kier alpha value is -2.09. The molecule has 26 heavy (non-hydrogen) atoms. The molecule has 0 saturated carbocycles. The van der Waals surface area contributed by atoms with E-state index >= 15 is 0 Å². The molecule has 0 aliphatic carbocycles. The summed E-state index contributed by atoms with van der Waals surface area (Å²) >= 11 is 1.49. The van der Waals surface area contributed by atoms with Gasteiger partial charge in [-0.2, -0.15) is 0 Å². The molecule has 1 heterocycles. The lowest BCUT2D eigenvalue weighted by Gasteiger charge is -2.23. The number of anilines is 1. The first-order valence-corrected chi connectivity index (χ1v) is 9.53. The molecule has 1 aliphatic rings. The Morgan fingerprint density at radius 1 is 1.23 bits per heavy atom. The molecule has 0 radical (unpaired) electrons. The summed E-state index contributed by atoms with van der Waals surface area (Å²) in [6, 6.07) is 13.9. The second-order valence-corrected chi connectivity index (χ2v) is 6.93. The topological polar surface area (TPSA) is 62.4 Å². The van der Waals surface area contributed by atoms with Crippen molar-refractivity contribution in [3.05, 3.63) is 59.9 Å². The summed E-state index contributed by atoms with van der Waals surface area (Å²) in [6.07, 6.45) is -0.0137. The van der Waals surface area contributed by atoms with Crippen LogP contribution in [0.3, 0.4) is 0 Å². The van der Waals surface area contributed by atoms with Crippen LogP contribution in [0.5, 0.6) is 0 Å². The second-order valence-electron chi connectivity index (χ2n) is 5.91. The number of para-hydroxylation sites is 1. The zero-order valence-corrected chi connectivity index (χ0v) is 15.2. The first-order valence-electron chi connectivity index (χ1n) is 8.55. The summed E-state index contributed by atoms with van der Waals surface area (Å²) in [5, 5.41) is 8.91. The Bertz CT molecular complexity index is 738. The predicted octanol–water partition coefficient (Wildman–Crippen LogP) is 3.23. The van der Waals surface area contributed by atoms with E-state index < -0.39 is 0 Å². The van der Waals surface area contributed by atoms with E-state index in [4.69, 9.17) is 4.74 Å². The molecule has 7 heteroatoms. The van der Waals surface area contributed by atoms with Crippen molar-refractivity contribution in [1.82, 2.24) is 10.6 Å². The van der Waals surface area contributed by atoms with Crippen LogP contribution in [-0.2, 0) is 10.5 Å². The van der Waals surface area contributed by atoms with Gasteiger partial charge in [0.25, 0.3) is 0 Å². The molecule has 5 nitrogen and oxygen atoms in total. The van der Waals surface area contributed by atoms with E-state index in [-0.39, 0.29) is 18.0 Å². The minimum atomic E-state index is -0.280. The minimum absolute atomic E-state index is 0.0137. The van der Waals surface area contributed by atoms with Gasteiger partial charge in [-0.05, 0) is 23.8 Å². The lowest BCUT2D eigenvalue weighted by Crippen LogP contribution is -2.46. The number of hydrogen-bond acceptors (Lipinski definition) is 4. The average Bonchev–Trinajstić information content (AvgIpc) is 2.68. The van der Waals surface area contributed by atoms with Crippen LogP contribution in [0.25, 0.3) is 0 Å². The molecule has 0 aromatic heterocycles. The van der Waals surface area contributed by atoms with Crippen molar-refractivity contribution in [2.45, 2.75) is 16.8 Å². The van der Waals surface area contributed by atoms with Gasteiger partial charge in [0, 0.05) is 30.3 Å². The summed E-state index contributed by atoms with van der Waals surface area (Å²) in [7, 11) is 0. The number of thioether (sulfide) groups is 1. The van der Waals surface area contributed by atoms with Crippen molar-refractivity contribution < 1.29 is 13.9 Å². The van der Waals surface area contributed by atoms with Gasteiger partial charge in [-0.25, -0.2) is 9.18 Å². The van der Waals surface area contributed by atoms with Crippen LogP contribution in [0.15, 0.2) is 53.4 Å². The quantitative estimate of drug-likeness (QED) is 0.679. The maximum atomic E-state index is 13.8. The maximum Gasteiger partial charge on any atom is 0.319 e. The van der Waals surface area contributed by atoms with Gasteiger partial charge in [0.05, 0.1) is 18.4 Å². The molecule has 1 saturated heterocycles. The number of ether oxygens (including phenoxy) is 1. The van der Waals surface area contributed by atoms with Gasteiger partial charge in [0.1, 0.15) is 5.82 Å². The second kappa shape index (κ2) is 9.56. The number of urea groups is 1. The Morgan fingerprint density at radius 3 is 2.85 bits per heavy atom. The monoisotopic (exact) mass is 375 g/mol. The van der Waals surface area contributed by atoms with E-state index in [1.54, 1.807) is 12.1 Å². The number of carbonyl (C=O) groups is 1. The molecule has 2 aromatic rings. The number of hydrogen-bond donors (Lipinski definition) is 3. The SMILES string of the molecule is O=C(NC[C@@H]1CNCCO1)Nc1ccccc1SCc1ccccc1F. The first-order chi connectivity index (χ1) is 12.7. The molecular formula is C19H22FN3O2S. The normalized spacial score (nSPS) is 16.9. The number of nitrogens with one attached hydrogen (secondary N) is 3. The largest absolute Gasteiger partial charge is 0.374 e. The Labute approximate surface area is 156 Å². The van der Waals surface area contributed by atoms with E-state index in [9.17, 15) is 9.18 Å². The summed E-state index contributed by atoms with van der Waals surface area (Å²) in [4.78, 5) is 13.1. The first kappa shape index (κ1) is 18.7. The van der Waals surface area contributed by atoms with Gasteiger partial charge < -0.3 is 20.7 Å². The van der Waals surface area contributed by atoms with Crippen LogP contribution in [0, 0.1) is 5.82 Å². The molecule has 0 bridgehead atoms. The summed E-state index contributed by atoms with van der Waals surface area (Å²) in [5.41, 5.74) is 1.34. The van der Waals surface area contributed by atoms with E-state index in [0.717, 1.165) is 18.0 Å². The highest BCUT2D eigenvalue weighted by Gasteiger charge is 2.15. The zero-order valence-electron chi connectivity index (χ0n) is 14.3. The summed E-state index contributed by atoms with van der Waals surface area (Å²) in [6.45, 7) is 2.68. The van der Waals surface area contributed by atoms with Crippen LogP contribution < -0.4 is 16.0 Å². The average molecular weight is 375 g/mol. The molecule has 2 aromatic carbocycles. The smallest absolute Gasteiger partial charge is 0.319 e. The summed E-state index contributed by atoms with van der Waals surface area (Å²) < 4.78 is 19.3. The van der Waals surface area contributed by atoms with Crippen LogP contribution >= 0.6 is 11.8 Å². The molecule has 1 atom stereocenters. The van der Waals surface area contributed by atoms with Crippen LogP contribution in [0.4, 0.5) is 14.9 Å². The lowest BCUT2D eigenvalue weighted by molar-refractivity contribution is 0.0310.